The Bertz CT molecular complexity index is 958. The van der Waals surface area contributed by atoms with Gasteiger partial charge in [-0.1, -0.05) is 36.4 Å². The van der Waals surface area contributed by atoms with E-state index in [2.05, 4.69) is 20.9 Å². The van der Waals surface area contributed by atoms with Crippen molar-refractivity contribution in [3.05, 3.63) is 84.1 Å². The molecule has 28 heavy (non-hydrogen) atoms. The number of pyridine rings is 1. The zero-order valence-corrected chi connectivity index (χ0v) is 15.6. The van der Waals surface area contributed by atoms with Gasteiger partial charge in [0.2, 0.25) is 5.91 Å². The number of nitrogens with one attached hydrogen (secondary N) is 3. The number of nitrogens with zero attached hydrogens (tertiary/aromatic N) is 1. The number of amides is 2. The van der Waals surface area contributed by atoms with Gasteiger partial charge in [0, 0.05) is 36.6 Å². The number of hydrogen-bond acceptors (Lipinski definition) is 4. The van der Waals surface area contributed by atoms with Crippen LogP contribution in [0.4, 0.5) is 17.2 Å². The summed E-state index contributed by atoms with van der Waals surface area (Å²) in [5, 5.41) is 8.81. The van der Waals surface area contributed by atoms with Crippen LogP contribution in [-0.2, 0) is 11.2 Å². The number of benzene rings is 2. The SMILES string of the molecule is CC(=O)Nc1cccc(Nc2cc(C(=O)NCCc3ccccc3)ccn2)c1. The number of carbonyl (C=O) groups excluding carboxylic acids is 2. The fourth-order valence-electron chi connectivity index (χ4n) is 2.73. The molecule has 0 bridgehead atoms. The summed E-state index contributed by atoms with van der Waals surface area (Å²) in [6, 6.07) is 20.7. The predicted octanol–water partition coefficient (Wildman–Crippen LogP) is 3.76. The highest BCUT2D eigenvalue weighted by Gasteiger charge is 2.07. The molecule has 0 aliphatic heterocycles. The first-order valence-corrected chi connectivity index (χ1v) is 9.03. The Balaban J connectivity index is 1.60. The molecule has 2 aromatic carbocycles. The van der Waals surface area contributed by atoms with E-state index in [0.29, 0.717) is 23.6 Å². The Kier molecular flexibility index (Phi) is 6.36. The minimum absolute atomic E-state index is 0.135. The maximum atomic E-state index is 12.4. The first-order chi connectivity index (χ1) is 13.6. The molecule has 0 spiro atoms. The second-order valence-electron chi connectivity index (χ2n) is 6.31. The highest BCUT2D eigenvalue weighted by molar-refractivity contribution is 5.95. The van der Waals surface area contributed by atoms with E-state index in [1.165, 1.54) is 12.5 Å². The molecule has 0 saturated heterocycles. The minimum Gasteiger partial charge on any atom is -0.352 e. The fourth-order valence-corrected chi connectivity index (χ4v) is 2.73. The van der Waals surface area contributed by atoms with Crippen molar-refractivity contribution in [1.82, 2.24) is 10.3 Å². The van der Waals surface area contributed by atoms with E-state index in [9.17, 15) is 9.59 Å². The minimum atomic E-state index is -0.145. The van der Waals surface area contributed by atoms with Crippen molar-refractivity contribution in [3.8, 4) is 0 Å². The molecule has 3 N–H and O–H groups in total. The Labute approximate surface area is 164 Å². The van der Waals surface area contributed by atoms with Crippen molar-refractivity contribution in [1.29, 1.82) is 0 Å². The monoisotopic (exact) mass is 374 g/mol. The molecular formula is C22H22N4O2. The molecule has 142 valence electrons. The van der Waals surface area contributed by atoms with Crippen LogP contribution in [0.3, 0.4) is 0 Å². The standard InChI is InChI=1S/C22H22N4O2/c1-16(27)25-19-8-5-9-20(15-19)26-21-14-18(11-13-23-21)22(28)24-12-10-17-6-3-2-4-7-17/h2-9,11,13-15H,10,12H2,1H3,(H,23,26)(H,24,28)(H,25,27). The van der Waals surface area contributed by atoms with E-state index >= 15 is 0 Å². The van der Waals surface area contributed by atoms with Crippen LogP contribution in [-0.4, -0.2) is 23.3 Å². The summed E-state index contributed by atoms with van der Waals surface area (Å²) in [6.45, 7) is 2.02. The summed E-state index contributed by atoms with van der Waals surface area (Å²) in [5.74, 6) is 0.272. The van der Waals surface area contributed by atoms with Gasteiger partial charge < -0.3 is 16.0 Å². The van der Waals surface area contributed by atoms with Crippen molar-refractivity contribution in [3.63, 3.8) is 0 Å². The van der Waals surface area contributed by atoms with Gasteiger partial charge in [-0.3, -0.25) is 9.59 Å². The summed E-state index contributed by atoms with van der Waals surface area (Å²) in [7, 11) is 0. The van der Waals surface area contributed by atoms with Gasteiger partial charge in [-0.15, -0.1) is 0 Å². The molecule has 0 fully saturated rings. The molecule has 0 aliphatic carbocycles. The van der Waals surface area contributed by atoms with E-state index in [-0.39, 0.29) is 11.8 Å². The molecule has 1 aromatic heterocycles. The smallest absolute Gasteiger partial charge is 0.251 e. The number of aromatic nitrogens is 1. The van der Waals surface area contributed by atoms with Crippen LogP contribution < -0.4 is 16.0 Å². The molecule has 6 nitrogen and oxygen atoms in total. The van der Waals surface area contributed by atoms with E-state index in [1.807, 2.05) is 42.5 Å². The van der Waals surface area contributed by atoms with E-state index in [4.69, 9.17) is 0 Å². The van der Waals surface area contributed by atoms with Gasteiger partial charge in [-0.2, -0.15) is 0 Å². The zero-order valence-electron chi connectivity index (χ0n) is 15.6. The molecule has 0 saturated carbocycles. The third kappa shape index (κ3) is 5.67. The molecule has 3 rings (SSSR count). The lowest BCUT2D eigenvalue weighted by Gasteiger charge is -2.10. The van der Waals surface area contributed by atoms with Gasteiger partial charge >= 0.3 is 0 Å². The maximum Gasteiger partial charge on any atom is 0.251 e. The molecule has 6 heteroatoms. The summed E-state index contributed by atoms with van der Waals surface area (Å²) in [4.78, 5) is 27.8. The Morgan fingerprint density at radius 1 is 0.929 bits per heavy atom. The summed E-state index contributed by atoms with van der Waals surface area (Å²) < 4.78 is 0. The normalized spacial score (nSPS) is 10.2. The summed E-state index contributed by atoms with van der Waals surface area (Å²) in [5.41, 5.74) is 3.16. The third-order valence-corrected chi connectivity index (χ3v) is 4.02. The van der Waals surface area contributed by atoms with Crippen LogP contribution in [0.2, 0.25) is 0 Å². The predicted molar refractivity (Wildman–Crippen MR) is 111 cm³/mol. The van der Waals surface area contributed by atoms with Crippen molar-refractivity contribution in [2.24, 2.45) is 0 Å². The second kappa shape index (κ2) is 9.32. The van der Waals surface area contributed by atoms with Crippen LogP contribution in [0.25, 0.3) is 0 Å². The van der Waals surface area contributed by atoms with Gasteiger partial charge in [0.05, 0.1) is 0 Å². The largest absolute Gasteiger partial charge is 0.352 e. The summed E-state index contributed by atoms with van der Waals surface area (Å²) >= 11 is 0. The van der Waals surface area contributed by atoms with Crippen LogP contribution in [0.1, 0.15) is 22.8 Å². The van der Waals surface area contributed by atoms with Crippen LogP contribution in [0.15, 0.2) is 72.9 Å². The average Bonchev–Trinajstić information content (AvgIpc) is 2.69. The molecule has 0 radical (unpaired) electrons. The molecule has 0 atom stereocenters. The average molecular weight is 374 g/mol. The number of anilines is 3. The molecule has 2 amide bonds. The maximum absolute atomic E-state index is 12.4. The van der Waals surface area contributed by atoms with Crippen LogP contribution >= 0.6 is 0 Å². The van der Waals surface area contributed by atoms with Crippen molar-refractivity contribution in [2.45, 2.75) is 13.3 Å². The van der Waals surface area contributed by atoms with Gasteiger partial charge in [0.25, 0.3) is 5.91 Å². The van der Waals surface area contributed by atoms with Gasteiger partial charge in [-0.05, 0) is 42.3 Å². The molecular weight excluding hydrogens is 352 g/mol. The lowest BCUT2D eigenvalue weighted by molar-refractivity contribution is -0.114. The molecule has 3 aromatic rings. The highest BCUT2D eigenvalue weighted by Crippen LogP contribution is 2.19. The first kappa shape index (κ1) is 19.1. The molecule has 0 aliphatic rings. The molecule has 0 unspecified atom stereocenters. The number of rotatable bonds is 7. The van der Waals surface area contributed by atoms with Crippen molar-refractivity contribution in [2.75, 3.05) is 17.2 Å². The lowest BCUT2D eigenvalue weighted by Crippen LogP contribution is -2.25. The van der Waals surface area contributed by atoms with Gasteiger partial charge in [0.15, 0.2) is 0 Å². The third-order valence-electron chi connectivity index (χ3n) is 4.02. The Hall–Kier alpha value is -3.67. The highest BCUT2D eigenvalue weighted by atomic mass is 16.2. The zero-order chi connectivity index (χ0) is 19.8. The lowest BCUT2D eigenvalue weighted by atomic mass is 10.1. The molecule has 1 heterocycles. The Morgan fingerprint density at radius 2 is 1.71 bits per heavy atom. The summed E-state index contributed by atoms with van der Waals surface area (Å²) in [6.07, 6.45) is 2.37. The topological polar surface area (TPSA) is 83.1 Å². The quantitative estimate of drug-likeness (QED) is 0.588. The van der Waals surface area contributed by atoms with Gasteiger partial charge in [0.1, 0.15) is 5.82 Å². The second-order valence-corrected chi connectivity index (χ2v) is 6.31. The van der Waals surface area contributed by atoms with E-state index in [0.717, 1.165) is 12.1 Å². The van der Waals surface area contributed by atoms with E-state index < -0.39 is 0 Å². The van der Waals surface area contributed by atoms with Crippen molar-refractivity contribution >= 4 is 29.0 Å². The number of carbonyl (C=O) groups is 2. The van der Waals surface area contributed by atoms with Crippen LogP contribution in [0, 0.1) is 0 Å². The number of hydrogen-bond donors (Lipinski definition) is 3. The first-order valence-electron chi connectivity index (χ1n) is 9.03. The van der Waals surface area contributed by atoms with E-state index in [1.54, 1.807) is 30.5 Å². The van der Waals surface area contributed by atoms with Gasteiger partial charge in [-0.25, -0.2) is 4.98 Å². The Morgan fingerprint density at radius 3 is 2.50 bits per heavy atom. The van der Waals surface area contributed by atoms with Crippen LogP contribution in [0.5, 0.6) is 0 Å². The van der Waals surface area contributed by atoms with Crippen molar-refractivity contribution < 1.29 is 9.59 Å². The fraction of sp³-hybridized carbons (Fsp3) is 0.136.